The molecule has 5 heteroatoms. The number of nitrogens with one attached hydrogen (secondary N) is 1. The monoisotopic (exact) mass is 325 g/mol. The number of hydrogen-bond donors (Lipinski definition) is 1. The predicted octanol–water partition coefficient (Wildman–Crippen LogP) is 5.03. The summed E-state index contributed by atoms with van der Waals surface area (Å²) >= 11 is 13.4. The van der Waals surface area contributed by atoms with Crippen LogP contribution in [0, 0.1) is 6.92 Å². The maximum absolute atomic E-state index is 11.9. The van der Waals surface area contributed by atoms with Crippen LogP contribution in [-0.4, -0.2) is 11.7 Å². The molecule has 0 aromatic heterocycles. The van der Waals surface area contributed by atoms with Gasteiger partial charge in [0.15, 0.2) is 0 Å². The molecule has 0 aliphatic carbocycles. The zero-order chi connectivity index (χ0) is 14.5. The van der Waals surface area contributed by atoms with Crippen molar-refractivity contribution in [1.82, 2.24) is 0 Å². The summed E-state index contributed by atoms with van der Waals surface area (Å²) in [5.41, 5.74) is 1.72. The van der Waals surface area contributed by atoms with Gasteiger partial charge in [-0.25, -0.2) is 0 Å². The van der Waals surface area contributed by atoms with Crippen molar-refractivity contribution in [2.24, 2.45) is 0 Å². The SMILES string of the molecule is Cc1ccc(Cl)cc1NC(=O)CSc1ccccc1Cl. The first-order chi connectivity index (χ1) is 9.56. The third-order valence-corrected chi connectivity index (χ3v) is 4.42. The first-order valence-corrected chi connectivity index (χ1v) is 7.74. The molecule has 0 bridgehead atoms. The highest BCUT2D eigenvalue weighted by molar-refractivity contribution is 8.00. The van der Waals surface area contributed by atoms with Crippen LogP contribution in [-0.2, 0) is 4.79 Å². The number of anilines is 1. The lowest BCUT2D eigenvalue weighted by Gasteiger charge is -2.09. The van der Waals surface area contributed by atoms with E-state index in [1.54, 1.807) is 12.1 Å². The number of halogens is 2. The second-order valence-corrected chi connectivity index (χ2v) is 6.09. The maximum Gasteiger partial charge on any atom is 0.234 e. The highest BCUT2D eigenvalue weighted by Gasteiger charge is 2.07. The molecular weight excluding hydrogens is 313 g/mol. The molecule has 0 aliphatic heterocycles. The van der Waals surface area contributed by atoms with Crippen LogP contribution in [0.15, 0.2) is 47.4 Å². The average molecular weight is 326 g/mol. The van der Waals surface area contributed by atoms with Gasteiger partial charge >= 0.3 is 0 Å². The van der Waals surface area contributed by atoms with Gasteiger partial charge in [-0.15, -0.1) is 11.8 Å². The van der Waals surface area contributed by atoms with E-state index in [4.69, 9.17) is 23.2 Å². The summed E-state index contributed by atoms with van der Waals surface area (Å²) in [5, 5.41) is 4.11. The van der Waals surface area contributed by atoms with Gasteiger partial charge in [0, 0.05) is 15.6 Å². The zero-order valence-electron chi connectivity index (χ0n) is 10.8. The Bertz CT molecular complexity index is 631. The van der Waals surface area contributed by atoms with Gasteiger partial charge in [-0.2, -0.15) is 0 Å². The summed E-state index contributed by atoms with van der Waals surface area (Å²) in [6, 6.07) is 12.9. The minimum Gasteiger partial charge on any atom is -0.325 e. The van der Waals surface area contributed by atoms with Crippen molar-refractivity contribution in [3.8, 4) is 0 Å². The van der Waals surface area contributed by atoms with Crippen LogP contribution < -0.4 is 5.32 Å². The van der Waals surface area contributed by atoms with Crippen LogP contribution >= 0.6 is 35.0 Å². The van der Waals surface area contributed by atoms with E-state index in [2.05, 4.69) is 5.32 Å². The molecule has 20 heavy (non-hydrogen) atoms. The Balaban J connectivity index is 1.96. The number of rotatable bonds is 4. The number of hydrogen-bond acceptors (Lipinski definition) is 2. The molecule has 2 aromatic rings. The third-order valence-electron chi connectivity index (χ3n) is 2.67. The molecular formula is C15H13Cl2NOS. The van der Waals surface area contributed by atoms with Crippen molar-refractivity contribution in [3.63, 3.8) is 0 Å². The molecule has 104 valence electrons. The van der Waals surface area contributed by atoms with E-state index in [1.807, 2.05) is 37.3 Å². The van der Waals surface area contributed by atoms with Crippen molar-refractivity contribution in [3.05, 3.63) is 58.1 Å². The van der Waals surface area contributed by atoms with E-state index in [9.17, 15) is 4.79 Å². The molecule has 2 aromatic carbocycles. The number of carbonyl (C=O) groups is 1. The molecule has 0 heterocycles. The third kappa shape index (κ3) is 4.17. The predicted molar refractivity (Wildman–Crippen MR) is 87.0 cm³/mol. The molecule has 2 nitrogen and oxygen atoms in total. The van der Waals surface area contributed by atoms with Crippen molar-refractivity contribution in [2.45, 2.75) is 11.8 Å². The Morgan fingerprint density at radius 1 is 1.20 bits per heavy atom. The fraction of sp³-hybridized carbons (Fsp3) is 0.133. The molecule has 0 aliphatic rings. The molecule has 1 N–H and O–H groups in total. The fourth-order valence-electron chi connectivity index (χ4n) is 1.62. The minimum absolute atomic E-state index is 0.0831. The van der Waals surface area contributed by atoms with E-state index in [0.717, 1.165) is 16.1 Å². The Morgan fingerprint density at radius 3 is 2.70 bits per heavy atom. The van der Waals surface area contributed by atoms with Crippen LogP contribution in [0.2, 0.25) is 10.0 Å². The summed E-state index contributed by atoms with van der Waals surface area (Å²) in [5.74, 6) is 0.218. The highest BCUT2D eigenvalue weighted by atomic mass is 35.5. The first-order valence-electron chi connectivity index (χ1n) is 5.99. The van der Waals surface area contributed by atoms with Crippen molar-refractivity contribution in [2.75, 3.05) is 11.1 Å². The van der Waals surface area contributed by atoms with E-state index in [1.165, 1.54) is 11.8 Å². The minimum atomic E-state index is -0.0831. The molecule has 0 atom stereocenters. The summed E-state index contributed by atoms with van der Waals surface area (Å²) < 4.78 is 0. The molecule has 1 amide bonds. The van der Waals surface area contributed by atoms with Crippen LogP contribution in [0.25, 0.3) is 0 Å². The highest BCUT2D eigenvalue weighted by Crippen LogP contribution is 2.27. The average Bonchev–Trinajstić information content (AvgIpc) is 2.42. The van der Waals surface area contributed by atoms with Crippen LogP contribution in [0.3, 0.4) is 0 Å². The second kappa shape index (κ2) is 7.02. The second-order valence-electron chi connectivity index (χ2n) is 4.23. The number of aryl methyl sites for hydroxylation is 1. The van der Waals surface area contributed by atoms with Gasteiger partial charge < -0.3 is 5.32 Å². The zero-order valence-corrected chi connectivity index (χ0v) is 13.1. The van der Waals surface area contributed by atoms with Gasteiger partial charge in [-0.1, -0.05) is 41.4 Å². The number of carbonyl (C=O) groups excluding carboxylic acids is 1. The van der Waals surface area contributed by atoms with Crippen LogP contribution in [0.5, 0.6) is 0 Å². The van der Waals surface area contributed by atoms with Crippen LogP contribution in [0.1, 0.15) is 5.56 Å². The maximum atomic E-state index is 11.9. The number of benzene rings is 2. The lowest BCUT2D eigenvalue weighted by atomic mass is 10.2. The molecule has 0 fully saturated rings. The van der Waals surface area contributed by atoms with Gasteiger partial charge in [0.25, 0.3) is 0 Å². The van der Waals surface area contributed by atoms with E-state index >= 15 is 0 Å². The topological polar surface area (TPSA) is 29.1 Å². The largest absolute Gasteiger partial charge is 0.325 e. The normalized spacial score (nSPS) is 10.3. The molecule has 0 unspecified atom stereocenters. The lowest BCUT2D eigenvalue weighted by molar-refractivity contribution is -0.113. The quantitative estimate of drug-likeness (QED) is 0.798. The van der Waals surface area contributed by atoms with Gasteiger partial charge in [-0.05, 0) is 36.8 Å². The van der Waals surface area contributed by atoms with E-state index < -0.39 is 0 Å². The van der Waals surface area contributed by atoms with Gasteiger partial charge in [0.1, 0.15) is 0 Å². The van der Waals surface area contributed by atoms with E-state index in [-0.39, 0.29) is 5.91 Å². The lowest BCUT2D eigenvalue weighted by Crippen LogP contribution is -2.14. The van der Waals surface area contributed by atoms with Crippen molar-refractivity contribution in [1.29, 1.82) is 0 Å². The standard InChI is InChI=1S/C15H13Cl2NOS/c1-10-6-7-11(16)8-13(10)18-15(19)9-20-14-5-3-2-4-12(14)17/h2-8H,9H2,1H3,(H,18,19). The molecule has 0 saturated carbocycles. The van der Waals surface area contributed by atoms with Crippen molar-refractivity contribution >= 4 is 46.6 Å². The summed E-state index contributed by atoms with van der Waals surface area (Å²) in [6.45, 7) is 1.92. The molecule has 0 saturated heterocycles. The van der Waals surface area contributed by atoms with Crippen molar-refractivity contribution < 1.29 is 4.79 Å². The van der Waals surface area contributed by atoms with Gasteiger partial charge in [-0.3, -0.25) is 4.79 Å². The smallest absolute Gasteiger partial charge is 0.234 e. The Kier molecular flexibility index (Phi) is 5.35. The fourth-order valence-corrected chi connectivity index (χ4v) is 2.83. The van der Waals surface area contributed by atoms with Crippen LogP contribution in [0.4, 0.5) is 5.69 Å². The Hall–Kier alpha value is -1.16. The Labute approximate surface area is 132 Å². The Morgan fingerprint density at radius 2 is 1.95 bits per heavy atom. The summed E-state index contributed by atoms with van der Waals surface area (Å²) in [4.78, 5) is 12.8. The van der Waals surface area contributed by atoms with Gasteiger partial charge in [0.2, 0.25) is 5.91 Å². The first kappa shape index (κ1) is 15.2. The molecule has 0 radical (unpaired) electrons. The molecule has 0 spiro atoms. The van der Waals surface area contributed by atoms with Gasteiger partial charge in [0.05, 0.1) is 10.8 Å². The molecule has 2 rings (SSSR count). The number of thioether (sulfide) groups is 1. The number of amides is 1. The summed E-state index contributed by atoms with van der Waals surface area (Å²) in [7, 11) is 0. The van der Waals surface area contributed by atoms with E-state index in [0.29, 0.717) is 15.8 Å². The summed E-state index contributed by atoms with van der Waals surface area (Å²) in [6.07, 6.45) is 0.